The second kappa shape index (κ2) is 6.02. The Bertz CT molecular complexity index is 195. The summed E-state index contributed by atoms with van der Waals surface area (Å²) < 4.78 is 0. The monoisotopic (exact) mass is 224 g/mol. The van der Waals surface area contributed by atoms with Crippen LogP contribution < -0.4 is 5.32 Å². The SMILES string of the molecule is CC(C)CCN(CCNCC1CC1)C1CC1. The van der Waals surface area contributed by atoms with Crippen LogP contribution in [0.25, 0.3) is 0 Å². The zero-order valence-corrected chi connectivity index (χ0v) is 11.0. The lowest BCUT2D eigenvalue weighted by molar-refractivity contribution is 0.247. The van der Waals surface area contributed by atoms with Crippen LogP contribution in [-0.4, -0.2) is 37.1 Å². The van der Waals surface area contributed by atoms with Crippen molar-refractivity contribution in [3.63, 3.8) is 0 Å². The summed E-state index contributed by atoms with van der Waals surface area (Å²) in [7, 11) is 0. The smallest absolute Gasteiger partial charge is 0.0110 e. The molecule has 0 bridgehead atoms. The van der Waals surface area contributed by atoms with E-state index in [1.807, 2.05) is 0 Å². The Labute approximate surface area is 101 Å². The van der Waals surface area contributed by atoms with Crippen LogP contribution in [0.5, 0.6) is 0 Å². The largest absolute Gasteiger partial charge is 0.315 e. The number of hydrogen-bond acceptors (Lipinski definition) is 2. The van der Waals surface area contributed by atoms with Crippen LogP contribution in [-0.2, 0) is 0 Å². The maximum atomic E-state index is 3.61. The van der Waals surface area contributed by atoms with Gasteiger partial charge in [0, 0.05) is 19.1 Å². The van der Waals surface area contributed by atoms with Crippen LogP contribution in [0.3, 0.4) is 0 Å². The van der Waals surface area contributed by atoms with E-state index in [9.17, 15) is 0 Å². The molecular formula is C14H28N2. The van der Waals surface area contributed by atoms with Crippen molar-refractivity contribution >= 4 is 0 Å². The fourth-order valence-corrected chi connectivity index (χ4v) is 2.19. The first-order valence-electron chi connectivity index (χ1n) is 7.20. The molecule has 94 valence electrons. The van der Waals surface area contributed by atoms with Gasteiger partial charge in [-0.25, -0.2) is 0 Å². The quantitative estimate of drug-likeness (QED) is 0.605. The second-order valence-electron chi connectivity index (χ2n) is 6.10. The average Bonchev–Trinajstić information content (AvgIpc) is 3.09. The van der Waals surface area contributed by atoms with Gasteiger partial charge in [0.15, 0.2) is 0 Å². The zero-order valence-electron chi connectivity index (χ0n) is 11.0. The predicted molar refractivity (Wildman–Crippen MR) is 69.6 cm³/mol. The molecule has 0 aliphatic heterocycles. The van der Waals surface area contributed by atoms with Crippen molar-refractivity contribution in [1.82, 2.24) is 10.2 Å². The lowest BCUT2D eigenvalue weighted by atomic mass is 10.1. The Hall–Kier alpha value is -0.0800. The number of hydrogen-bond donors (Lipinski definition) is 1. The van der Waals surface area contributed by atoms with E-state index in [2.05, 4.69) is 24.1 Å². The van der Waals surface area contributed by atoms with Crippen LogP contribution in [0, 0.1) is 11.8 Å². The van der Waals surface area contributed by atoms with Gasteiger partial charge in [-0.05, 0) is 57.0 Å². The molecule has 0 radical (unpaired) electrons. The highest BCUT2D eigenvalue weighted by molar-refractivity contribution is 4.85. The molecule has 0 atom stereocenters. The van der Waals surface area contributed by atoms with E-state index in [1.54, 1.807) is 0 Å². The van der Waals surface area contributed by atoms with Crippen molar-refractivity contribution < 1.29 is 0 Å². The fraction of sp³-hybridized carbons (Fsp3) is 1.00. The van der Waals surface area contributed by atoms with Gasteiger partial charge in [-0.1, -0.05) is 13.8 Å². The summed E-state index contributed by atoms with van der Waals surface area (Å²) in [6.07, 6.45) is 7.18. The van der Waals surface area contributed by atoms with Crippen molar-refractivity contribution in [3.8, 4) is 0 Å². The van der Waals surface area contributed by atoms with Gasteiger partial charge in [0.25, 0.3) is 0 Å². The minimum absolute atomic E-state index is 0.848. The Balaban J connectivity index is 1.54. The predicted octanol–water partition coefficient (Wildman–Crippen LogP) is 2.50. The maximum Gasteiger partial charge on any atom is 0.0110 e. The lowest BCUT2D eigenvalue weighted by Gasteiger charge is -2.23. The van der Waals surface area contributed by atoms with E-state index in [0.717, 1.165) is 17.9 Å². The summed E-state index contributed by atoms with van der Waals surface area (Å²) in [6, 6.07) is 0.932. The summed E-state index contributed by atoms with van der Waals surface area (Å²) in [5.41, 5.74) is 0. The normalized spacial score (nSPS) is 21.0. The van der Waals surface area contributed by atoms with Crippen LogP contribution in [0.4, 0.5) is 0 Å². The third-order valence-corrected chi connectivity index (χ3v) is 3.76. The molecule has 0 heterocycles. The van der Waals surface area contributed by atoms with Crippen LogP contribution in [0.1, 0.15) is 46.0 Å². The van der Waals surface area contributed by atoms with E-state index in [4.69, 9.17) is 0 Å². The van der Waals surface area contributed by atoms with Gasteiger partial charge in [-0.2, -0.15) is 0 Å². The van der Waals surface area contributed by atoms with Gasteiger partial charge in [0.1, 0.15) is 0 Å². The summed E-state index contributed by atoms with van der Waals surface area (Å²) in [4.78, 5) is 2.71. The third kappa shape index (κ3) is 4.84. The van der Waals surface area contributed by atoms with Gasteiger partial charge in [0.05, 0.1) is 0 Å². The first kappa shape index (κ1) is 12.4. The molecule has 2 saturated carbocycles. The molecule has 0 aromatic rings. The van der Waals surface area contributed by atoms with Crippen molar-refractivity contribution in [2.75, 3.05) is 26.2 Å². The fourth-order valence-electron chi connectivity index (χ4n) is 2.19. The molecule has 2 fully saturated rings. The highest BCUT2D eigenvalue weighted by Gasteiger charge is 2.28. The van der Waals surface area contributed by atoms with E-state index in [1.165, 1.54) is 58.3 Å². The molecule has 2 aliphatic rings. The highest BCUT2D eigenvalue weighted by atomic mass is 15.2. The molecular weight excluding hydrogens is 196 g/mol. The molecule has 2 aliphatic carbocycles. The van der Waals surface area contributed by atoms with Gasteiger partial charge in [-0.15, -0.1) is 0 Å². The van der Waals surface area contributed by atoms with Crippen molar-refractivity contribution in [2.45, 2.75) is 52.0 Å². The topological polar surface area (TPSA) is 15.3 Å². The second-order valence-corrected chi connectivity index (χ2v) is 6.10. The Kier molecular flexibility index (Phi) is 4.66. The molecule has 1 N–H and O–H groups in total. The number of nitrogens with one attached hydrogen (secondary N) is 1. The highest BCUT2D eigenvalue weighted by Crippen LogP contribution is 2.28. The van der Waals surface area contributed by atoms with Crippen molar-refractivity contribution in [3.05, 3.63) is 0 Å². The van der Waals surface area contributed by atoms with E-state index < -0.39 is 0 Å². The van der Waals surface area contributed by atoms with E-state index in [0.29, 0.717) is 0 Å². The number of rotatable bonds is 9. The van der Waals surface area contributed by atoms with Crippen LogP contribution in [0.2, 0.25) is 0 Å². The average molecular weight is 224 g/mol. The first-order valence-corrected chi connectivity index (χ1v) is 7.20. The lowest BCUT2D eigenvalue weighted by Crippen LogP contribution is -2.35. The molecule has 0 aromatic heterocycles. The molecule has 0 amide bonds. The summed E-state index contributed by atoms with van der Waals surface area (Å²) in [5.74, 6) is 1.87. The summed E-state index contributed by atoms with van der Waals surface area (Å²) in [6.45, 7) is 9.71. The molecule has 2 rings (SSSR count). The van der Waals surface area contributed by atoms with Gasteiger partial charge < -0.3 is 5.32 Å². The maximum absolute atomic E-state index is 3.61. The number of nitrogens with zero attached hydrogens (tertiary/aromatic N) is 1. The van der Waals surface area contributed by atoms with Crippen molar-refractivity contribution in [2.24, 2.45) is 11.8 Å². The minimum Gasteiger partial charge on any atom is -0.315 e. The third-order valence-electron chi connectivity index (χ3n) is 3.76. The van der Waals surface area contributed by atoms with Gasteiger partial charge in [0.2, 0.25) is 0 Å². The minimum atomic E-state index is 0.848. The summed E-state index contributed by atoms with van der Waals surface area (Å²) in [5, 5.41) is 3.61. The molecule has 2 heteroatoms. The Morgan fingerprint density at radius 3 is 2.44 bits per heavy atom. The first-order chi connectivity index (χ1) is 7.75. The molecule has 0 spiro atoms. The summed E-state index contributed by atoms with van der Waals surface area (Å²) >= 11 is 0. The van der Waals surface area contributed by atoms with Crippen LogP contribution >= 0.6 is 0 Å². The van der Waals surface area contributed by atoms with Gasteiger partial charge in [-0.3, -0.25) is 4.90 Å². The van der Waals surface area contributed by atoms with E-state index >= 15 is 0 Å². The molecule has 0 aromatic carbocycles. The van der Waals surface area contributed by atoms with Crippen molar-refractivity contribution in [1.29, 1.82) is 0 Å². The zero-order chi connectivity index (χ0) is 11.4. The van der Waals surface area contributed by atoms with Crippen LogP contribution in [0.15, 0.2) is 0 Å². The standard InChI is InChI=1S/C14H28N2/c1-12(2)7-9-16(14-5-6-14)10-8-15-11-13-3-4-13/h12-15H,3-11H2,1-2H3. The van der Waals surface area contributed by atoms with E-state index in [-0.39, 0.29) is 0 Å². The molecule has 2 nitrogen and oxygen atoms in total. The Morgan fingerprint density at radius 2 is 1.88 bits per heavy atom. The molecule has 0 unspecified atom stereocenters. The van der Waals surface area contributed by atoms with Gasteiger partial charge >= 0.3 is 0 Å². The molecule has 16 heavy (non-hydrogen) atoms. The Morgan fingerprint density at radius 1 is 1.12 bits per heavy atom. The molecule has 0 saturated heterocycles.